The molecule has 0 unspecified atom stereocenters. The Labute approximate surface area is 200 Å². The van der Waals surface area contributed by atoms with E-state index in [1.54, 1.807) is 0 Å². The van der Waals surface area contributed by atoms with Gasteiger partial charge in [0, 0.05) is 50.5 Å². The first-order valence-electron chi connectivity index (χ1n) is 9.88. The molecule has 4 nitrogen and oxygen atoms in total. The molecule has 0 saturated heterocycles. The Morgan fingerprint density at radius 3 is 2.28 bits per heavy atom. The number of hydrogen-bond donors (Lipinski definition) is 1. The number of rotatable bonds is 2. The summed E-state index contributed by atoms with van der Waals surface area (Å²) in [4.78, 5) is 19.1. The maximum absolute atomic E-state index is 11.9. The smallest absolute Gasteiger partial charge is 0.202 e. The molecule has 4 aromatic rings. The van der Waals surface area contributed by atoms with Crippen molar-refractivity contribution in [1.82, 2.24) is 9.97 Å². The summed E-state index contributed by atoms with van der Waals surface area (Å²) in [7, 11) is 0. The van der Waals surface area contributed by atoms with E-state index in [0.29, 0.717) is 0 Å². The molecule has 6 heteroatoms. The van der Waals surface area contributed by atoms with E-state index < -0.39 is 17.4 Å². The van der Waals surface area contributed by atoms with Gasteiger partial charge in [0.25, 0.3) is 0 Å². The van der Waals surface area contributed by atoms with E-state index in [9.17, 15) is 9.18 Å². The van der Waals surface area contributed by atoms with Gasteiger partial charge in [0.2, 0.25) is 5.83 Å². The average molecular weight is 608 g/mol. The number of carbonyl (C=O) groups excluding carboxylic acids is 1. The molecule has 2 aromatic heterocycles. The molecule has 0 amide bonds. The number of fused-ring (bicyclic) bond motifs is 3. The van der Waals surface area contributed by atoms with Crippen LogP contribution in [0, 0.1) is 26.8 Å². The summed E-state index contributed by atoms with van der Waals surface area (Å²) < 4.78 is 11.9. The molecule has 167 valence electrons. The van der Waals surface area contributed by atoms with Gasteiger partial charge in [-0.2, -0.15) is 4.39 Å². The van der Waals surface area contributed by atoms with Crippen LogP contribution in [0.2, 0.25) is 0 Å². The maximum atomic E-state index is 11.9. The van der Waals surface area contributed by atoms with Crippen molar-refractivity contribution in [1.29, 1.82) is 0 Å². The second-order valence-corrected chi connectivity index (χ2v) is 7.58. The van der Waals surface area contributed by atoms with Gasteiger partial charge < -0.3 is 10.1 Å². The molecule has 2 heterocycles. The van der Waals surface area contributed by atoms with E-state index in [1.807, 2.05) is 19.3 Å². The van der Waals surface area contributed by atoms with Gasteiger partial charge in [0.05, 0.1) is 0 Å². The van der Waals surface area contributed by atoms with Crippen molar-refractivity contribution in [3.05, 3.63) is 83.3 Å². The van der Waals surface area contributed by atoms with Gasteiger partial charge in [-0.3, -0.25) is 9.78 Å². The van der Waals surface area contributed by atoms with Crippen molar-refractivity contribution in [3.8, 4) is 11.3 Å². The molecule has 0 aliphatic heterocycles. The Balaban J connectivity index is 0.000000350. The standard InChI is InChI=1S/C21H17N2.C5H7FO2.Ir/c1-13-8-14(2)10-17(9-13)21-19-5-4-16-11-15(3)23-12-20(16)18(19)6-7-22-21;1-3(7)5(6)4(2)8;/h4-9,11-12H,1-3H3;7H,1-2H3;/q-1;;/b;5-3+;. The van der Waals surface area contributed by atoms with Gasteiger partial charge in [-0.1, -0.05) is 26.0 Å². The summed E-state index contributed by atoms with van der Waals surface area (Å²) in [6, 6.07) is 16.2. The zero-order valence-electron chi connectivity index (χ0n) is 18.6. The molecular weight excluding hydrogens is 584 g/mol. The van der Waals surface area contributed by atoms with Crippen molar-refractivity contribution in [3.63, 3.8) is 0 Å². The van der Waals surface area contributed by atoms with E-state index in [-0.39, 0.29) is 20.1 Å². The fraction of sp³-hybridized carbons (Fsp3) is 0.192. The van der Waals surface area contributed by atoms with Gasteiger partial charge in [0.1, 0.15) is 5.76 Å². The molecule has 2 aromatic carbocycles. The second kappa shape index (κ2) is 10.6. The van der Waals surface area contributed by atoms with Crippen molar-refractivity contribution >= 4 is 27.3 Å². The Kier molecular flexibility index (Phi) is 8.37. The Morgan fingerprint density at radius 1 is 0.969 bits per heavy atom. The van der Waals surface area contributed by atoms with Gasteiger partial charge >= 0.3 is 0 Å². The summed E-state index contributed by atoms with van der Waals surface area (Å²) >= 11 is 0. The van der Waals surface area contributed by atoms with E-state index in [0.717, 1.165) is 41.7 Å². The van der Waals surface area contributed by atoms with E-state index in [2.05, 4.69) is 66.3 Å². The number of aliphatic hydroxyl groups is 1. The number of carbonyl (C=O) groups is 1. The van der Waals surface area contributed by atoms with Crippen molar-refractivity contribution in [2.45, 2.75) is 34.6 Å². The molecule has 0 bridgehead atoms. The second-order valence-electron chi connectivity index (χ2n) is 7.58. The molecule has 0 saturated carbocycles. The molecule has 0 fully saturated rings. The number of aryl methyl sites for hydroxylation is 3. The van der Waals surface area contributed by atoms with Crippen molar-refractivity contribution in [2.24, 2.45) is 0 Å². The van der Waals surface area contributed by atoms with Crippen LogP contribution < -0.4 is 0 Å². The molecular formula is C26H24FIrN2O2-. The van der Waals surface area contributed by atoms with Gasteiger partial charge in [-0.15, -0.1) is 34.9 Å². The minimum absolute atomic E-state index is 0. The monoisotopic (exact) mass is 608 g/mol. The summed E-state index contributed by atoms with van der Waals surface area (Å²) in [6.07, 6.45) is 3.84. The summed E-state index contributed by atoms with van der Waals surface area (Å²) in [6.45, 7) is 8.37. The SMILES string of the molecule is CC(=O)/C(F)=C(/C)O.Cc1[c-]c(-c2nccc3c2ccc2cc(C)ncc23)cc(C)c1.[Ir]. The fourth-order valence-corrected chi connectivity index (χ4v) is 3.49. The first-order valence-corrected chi connectivity index (χ1v) is 9.88. The third kappa shape index (κ3) is 5.64. The van der Waals surface area contributed by atoms with Crippen molar-refractivity contribution < 1.29 is 34.4 Å². The van der Waals surface area contributed by atoms with Crippen LogP contribution >= 0.6 is 0 Å². The first kappa shape index (κ1) is 25.3. The van der Waals surface area contributed by atoms with Gasteiger partial charge in [0.15, 0.2) is 5.78 Å². The predicted molar refractivity (Wildman–Crippen MR) is 123 cm³/mol. The van der Waals surface area contributed by atoms with E-state index >= 15 is 0 Å². The molecule has 32 heavy (non-hydrogen) atoms. The van der Waals surface area contributed by atoms with Crippen LogP contribution in [0.4, 0.5) is 4.39 Å². The number of aromatic nitrogens is 2. The van der Waals surface area contributed by atoms with Crippen LogP contribution in [0.25, 0.3) is 32.8 Å². The number of aliphatic hydroxyl groups excluding tert-OH is 1. The number of ketones is 1. The predicted octanol–water partition coefficient (Wildman–Crippen LogP) is 6.51. The molecule has 0 atom stereocenters. The summed E-state index contributed by atoms with van der Waals surface area (Å²) in [5.41, 5.74) is 5.43. The zero-order valence-corrected chi connectivity index (χ0v) is 21.0. The molecule has 0 aliphatic rings. The van der Waals surface area contributed by atoms with Crippen LogP contribution in [-0.2, 0) is 24.9 Å². The van der Waals surface area contributed by atoms with E-state index in [4.69, 9.17) is 5.11 Å². The minimum Gasteiger partial charge on any atom is -0.509 e. The summed E-state index contributed by atoms with van der Waals surface area (Å²) in [5.74, 6) is -2.37. The Hall–Kier alpha value is -2.95. The fourth-order valence-electron chi connectivity index (χ4n) is 3.49. The van der Waals surface area contributed by atoms with Crippen LogP contribution in [0.3, 0.4) is 0 Å². The molecule has 0 aliphatic carbocycles. The van der Waals surface area contributed by atoms with Crippen LogP contribution in [0.1, 0.15) is 30.7 Å². The minimum atomic E-state index is -1.06. The van der Waals surface area contributed by atoms with Gasteiger partial charge in [-0.05, 0) is 47.8 Å². The number of nitrogens with zero attached hydrogens (tertiary/aromatic N) is 2. The number of benzene rings is 2. The normalized spacial score (nSPS) is 11.3. The van der Waals surface area contributed by atoms with Crippen LogP contribution in [-0.4, -0.2) is 20.9 Å². The van der Waals surface area contributed by atoms with Gasteiger partial charge in [-0.25, -0.2) is 0 Å². The Bertz CT molecular complexity index is 1310. The molecule has 1 radical (unpaired) electrons. The summed E-state index contributed by atoms with van der Waals surface area (Å²) in [5, 5.41) is 13.0. The third-order valence-electron chi connectivity index (χ3n) is 4.81. The zero-order chi connectivity index (χ0) is 22.7. The van der Waals surface area contributed by atoms with Crippen LogP contribution in [0.5, 0.6) is 0 Å². The van der Waals surface area contributed by atoms with E-state index in [1.165, 1.54) is 21.7 Å². The quantitative estimate of drug-likeness (QED) is 0.122. The number of Topliss-reactive ketones (excluding diaryl/α,β-unsaturated/α-hetero) is 1. The third-order valence-corrected chi connectivity index (χ3v) is 4.81. The average Bonchev–Trinajstić information content (AvgIpc) is 2.71. The number of halogens is 1. The molecule has 0 spiro atoms. The molecule has 4 rings (SSSR count). The number of hydrogen-bond acceptors (Lipinski definition) is 4. The van der Waals surface area contributed by atoms with Crippen LogP contribution in [0.15, 0.2) is 60.4 Å². The topological polar surface area (TPSA) is 63.1 Å². The number of allylic oxidation sites excluding steroid dienone is 2. The molecule has 1 N–H and O–H groups in total. The Morgan fingerprint density at radius 2 is 1.69 bits per heavy atom. The maximum Gasteiger partial charge on any atom is 0.202 e. The first-order chi connectivity index (χ1) is 14.7. The van der Waals surface area contributed by atoms with Crippen molar-refractivity contribution in [2.75, 3.05) is 0 Å². The number of pyridine rings is 2. The largest absolute Gasteiger partial charge is 0.509 e.